The summed E-state index contributed by atoms with van der Waals surface area (Å²) in [6.07, 6.45) is 8.76. The van der Waals surface area contributed by atoms with E-state index in [0.717, 1.165) is 19.4 Å². The Morgan fingerprint density at radius 2 is 2.05 bits per heavy atom. The highest BCUT2D eigenvalue weighted by molar-refractivity contribution is 5.92. The third-order valence-electron chi connectivity index (χ3n) is 4.62. The highest BCUT2D eigenvalue weighted by atomic mass is 16.2. The van der Waals surface area contributed by atoms with Crippen LogP contribution in [-0.2, 0) is 0 Å². The second-order valence-electron chi connectivity index (χ2n) is 5.80. The number of amides is 1. The maximum Gasteiger partial charge on any atom is 0.272 e. The number of pyridine rings is 1. The van der Waals surface area contributed by atoms with Crippen LogP contribution in [0.1, 0.15) is 54.6 Å². The molecular formula is C16H19N3O. The van der Waals surface area contributed by atoms with Gasteiger partial charge in [0.2, 0.25) is 0 Å². The van der Waals surface area contributed by atoms with Gasteiger partial charge in [-0.05, 0) is 43.7 Å². The van der Waals surface area contributed by atoms with E-state index in [1.165, 1.54) is 31.9 Å². The van der Waals surface area contributed by atoms with Crippen LogP contribution in [-0.4, -0.2) is 28.4 Å². The molecule has 1 saturated carbocycles. The molecule has 1 saturated heterocycles. The number of aromatic nitrogens is 1. The molecule has 2 aliphatic rings. The molecule has 3 rings (SSSR count). The van der Waals surface area contributed by atoms with Crippen molar-refractivity contribution < 1.29 is 4.79 Å². The van der Waals surface area contributed by atoms with Crippen molar-refractivity contribution in [2.24, 2.45) is 5.92 Å². The monoisotopic (exact) mass is 269 g/mol. The first-order chi connectivity index (χ1) is 9.79. The fraction of sp³-hybridized carbons (Fsp3) is 0.562. The fourth-order valence-corrected chi connectivity index (χ4v) is 3.61. The molecule has 0 spiro atoms. The van der Waals surface area contributed by atoms with Gasteiger partial charge in [0.1, 0.15) is 11.8 Å². The van der Waals surface area contributed by atoms with Crippen LogP contribution in [0.15, 0.2) is 18.3 Å². The van der Waals surface area contributed by atoms with Crippen LogP contribution in [0.4, 0.5) is 0 Å². The molecule has 1 aliphatic heterocycles. The second kappa shape index (κ2) is 5.62. The molecule has 1 aromatic rings. The van der Waals surface area contributed by atoms with Gasteiger partial charge in [-0.25, -0.2) is 4.98 Å². The summed E-state index contributed by atoms with van der Waals surface area (Å²) < 4.78 is 0. The van der Waals surface area contributed by atoms with Gasteiger partial charge < -0.3 is 4.90 Å². The first-order valence-electron chi connectivity index (χ1n) is 7.47. The molecule has 4 heteroatoms. The van der Waals surface area contributed by atoms with Crippen LogP contribution in [0.2, 0.25) is 0 Å². The van der Waals surface area contributed by atoms with Gasteiger partial charge in [-0.1, -0.05) is 12.8 Å². The largest absolute Gasteiger partial charge is 0.334 e. The smallest absolute Gasteiger partial charge is 0.272 e. The Kier molecular flexibility index (Phi) is 3.68. The van der Waals surface area contributed by atoms with Crippen LogP contribution in [0.5, 0.6) is 0 Å². The van der Waals surface area contributed by atoms with E-state index < -0.39 is 0 Å². The van der Waals surface area contributed by atoms with E-state index in [4.69, 9.17) is 5.26 Å². The Balaban J connectivity index is 1.79. The summed E-state index contributed by atoms with van der Waals surface area (Å²) in [5.41, 5.74) is 0.964. The van der Waals surface area contributed by atoms with Crippen LogP contribution in [0, 0.1) is 17.2 Å². The summed E-state index contributed by atoms with van der Waals surface area (Å²) in [7, 11) is 0. The lowest BCUT2D eigenvalue weighted by Gasteiger charge is -2.44. The summed E-state index contributed by atoms with van der Waals surface area (Å²) in [6.45, 7) is 0.849. The molecule has 20 heavy (non-hydrogen) atoms. The predicted octanol–water partition coefficient (Wildman–Crippen LogP) is 2.75. The number of hydrogen-bond acceptors (Lipinski definition) is 3. The van der Waals surface area contributed by atoms with Crippen molar-refractivity contribution in [3.05, 3.63) is 29.6 Å². The molecule has 2 fully saturated rings. The standard InChI is InChI=1S/C16H19N3O/c17-10-12-7-8-14(18-11-12)16(20)19-9-3-5-13-4-1-2-6-15(13)19/h7-8,11,13,15H,1-6,9H2. The average Bonchev–Trinajstić information content (AvgIpc) is 2.54. The van der Waals surface area contributed by atoms with Crippen LogP contribution in [0.25, 0.3) is 0 Å². The molecule has 2 heterocycles. The van der Waals surface area contributed by atoms with Gasteiger partial charge in [-0.15, -0.1) is 0 Å². The second-order valence-corrected chi connectivity index (χ2v) is 5.80. The van der Waals surface area contributed by atoms with Gasteiger partial charge in [-0.2, -0.15) is 5.26 Å². The normalized spacial score (nSPS) is 25.6. The molecule has 4 nitrogen and oxygen atoms in total. The minimum absolute atomic E-state index is 0.0334. The molecule has 0 N–H and O–H groups in total. The lowest BCUT2D eigenvalue weighted by atomic mass is 9.78. The molecule has 1 aromatic heterocycles. The van der Waals surface area contributed by atoms with E-state index in [9.17, 15) is 4.79 Å². The number of piperidine rings is 1. The van der Waals surface area contributed by atoms with E-state index in [0.29, 0.717) is 23.2 Å². The molecule has 1 amide bonds. The van der Waals surface area contributed by atoms with Gasteiger partial charge in [0.05, 0.1) is 5.56 Å². The van der Waals surface area contributed by atoms with Gasteiger partial charge >= 0.3 is 0 Å². The molecule has 1 aliphatic carbocycles. The third-order valence-corrected chi connectivity index (χ3v) is 4.62. The summed E-state index contributed by atoms with van der Waals surface area (Å²) in [5, 5.41) is 8.78. The van der Waals surface area contributed by atoms with Crippen LogP contribution < -0.4 is 0 Å². The Labute approximate surface area is 119 Å². The number of hydrogen-bond donors (Lipinski definition) is 0. The maximum absolute atomic E-state index is 12.6. The number of nitriles is 1. The molecule has 2 atom stereocenters. The summed E-state index contributed by atoms with van der Waals surface area (Å²) in [4.78, 5) is 18.8. The summed E-state index contributed by atoms with van der Waals surface area (Å²) in [5.74, 6) is 0.714. The van der Waals surface area contributed by atoms with Crippen LogP contribution in [0.3, 0.4) is 0 Å². The minimum atomic E-state index is 0.0334. The highest BCUT2D eigenvalue weighted by Gasteiger charge is 2.36. The summed E-state index contributed by atoms with van der Waals surface area (Å²) >= 11 is 0. The van der Waals surface area contributed by atoms with Crippen molar-refractivity contribution in [1.29, 1.82) is 5.26 Å². The predicted molar refractivity (Wildman–Crippen MR) is 75.0 cm³/mol. The van der Waals surface area contributed by atoms with Crippen LogP contribution >= 0.6 is 0 Å². The number of carbonyl (C=O) groups is 1. The van der Waals surface area contributed by atoms with E-state index in [-0.39, 0.29) is 5.91 Å². The first kappa shape index (κ1) is 13.1. The zero-order chi connectivity index (χ0) is 13.9. The fourth-order valence-electron chi connectivity index (χ4n) is 3.61. The molecule has 0 aromatic carbocycles. The number of likely N-dealkylation sites (tertiary alicyclic amines) is 1. The molecule has 0 radical (unpaired) electrons. The maximum atomic E-state index is 12.6. The highest BCUT2D eigenvalue weighted by Crippen LogP contribution is 2.35. The quantitative estimate of drug-likeness (QED) is 0.787. The van der Waals surface area contributed by atoms with Crippen molar-refractivity contribution in [2.75, 3.05) is 6.54 Å². The molecule has 0 bridgehead atoms. The molecule has 104 valence electrons. The number of nitrogens with zero attached hydrogens (tertiary/aromatic N) is 3. The Morgan fingerprint density at radius 1 is 1.25 bits per heavy atom. The Hall–Kier alpha value is -1.89. The Morgan fingerprint density at radius 3 is 2.80 bits per heavy atom. The van der Waals surface area contributed by atoms with Crippen molar-refractivity contribution >= 4 is 5.91 Å². The van der Waals surface area contributed by atoms with E-state index >= 15 is 0 Å². The van der Waals surface area contributed by atoms with Gasteiger partial charge in [0.15, 0.2) is 0 Å². The molecule has 2 unspecified atom stereocenters. The van der Waals surface area contributed by atoms with Gasteiger partial charge in [0.25, 0.3) is 5.91 Å². The van der Waals surface area contributed by atoms with Gasteiger partial charge in [0, 0.05) is 18.8 Å². The van der Waals surface area contributed by atoms with Crippen molar-refractivity contribution in [3.8, 4) is 6.07 Å². The van der Waals surface area contributed by atoms with E-state index in [2.05, 4.69) is 4.98 Å². The van der Waals surface area contributed by atoms with E-state index in [1.807, 2.05) is 11.0 Å². The topological polar surface area (TPSA) is 57.0 Å². The SMILES string of the molecule is N#Cc1ccc(C(=O)N2CCCC3CCCCC32)nc1. The van der Waals surface area contributed by atoms with Crippen molar-refractivity contribution in [2.45, 2.75) is 44.6 Å². The average molecular weight is 269 g/mol. The minimum Gasteiger partial charge on any atom is -0.334 e. The van der Waals surface area contributed by atoms with Crippen molar-refractivity contribution in [1.82, 2.24) is 9.88 Å². The van der Waals surface area contributed by atoms with Gasteiger partial charge in [-0.3, -0.25) is 4.79 Å². The van der Waals surface area contributed by atoms with E-state index in [1.54, 1.807) is 12.1 Å². The lowest BCUT2D eigenvalue weighted by molar-refractivity contribution is 0.0385. The Bertz CT molecular complexity index is 530. The van der Waals surface area contributed by atoms with Crippen molar-refractivity contribution in [3.63, 3.8) is 0 Å². The first-order valence-corrected chi connectivity index (χ1v) is 7.47. The zero-order valence-electron chi connectivity index (χ0n) is 11.6. The number of carbonyl (C=O) groups excluding carboxylic acids is 1. The number of rotatable bonds is 1. The zero-order valence-corrected chi connectivity index (χ0v) is 11.6. The lowest BCUT2D eigenvalue weighted by Crippen LogP contribution is -2.49. The molecular weight excluding hydrogens is 250 g/mol. The summed E-state index contributed by atoms with van der Waals surface area (Å²) in [6, 6.07) is 5.78. The third kappa shape index (κ3) is 2.40. The number of fused-ring (bicyclic) bond motifs is 1.